The first-order valence-corrected chi connectivity index (χ1v) is 7.26. The predicted molar refractivity (Wildman–Crippen MR) is 93.1 cm³/mol. The highest BCUT2D eigenvalue weighted by molar-refractivity contribution is 5.85. The van der Waals surface area contributed by atoms with Crippen molar-refractivity contribution in [1.82, 2.24) is 0 Å². The number of methoxy groups -OCH3 is 1. The molecule has 3 rings (SSSR count). The van der Waals surface area contributed by atoms with E-state index in [1.165, 1.54) is 35.6 Å². The topological polar surface area (TPSA) is 52.4 Å². The first-order valence-electron chi connectivity index (χ1n) is 7.26. The van der Waals surface area contributed by atoms with Gasteiger partial charge in [0.2, 0.25) is 0 Å². The number of non-ortho nitro benzene ring substituents is 1. The number of rotatable bonds is 2. The van der Waals surface area contributed by atoms with Crippen molar-refractivity contribution in [3.63, 3.8) is 0 Å². The molecule has 0 spiro atoms. The van der Waals surface area contributed by atoms with E-state index in [4.69, 9.17) is 4.74 Å². The van der Waals surface area contributed by atoms with Crippen LogP contribution in [-0.2, 0) is 0 Å². The van der Waals surface area contributed by atoms with Crippen molar-refractivity contribution in [3.8, 4) is 5.75 Å². The molecule has 0 fully saturated rings. The second kappa shape index (κ2) is 7.40. The van der Waals surface area contributed by atoms with Crippen LogP contribution in [-0.4, -0.2) is 12.0 Å². The zero-order chi connectivity index (χ0) is 16.8. The number of fused-ring (bicyclic) bond motifs is 1. The number of aryl methyl sites for hydroxylation is 2. The Morgan fingerprint density at radius 1 is 0.913 bits per heavy atom. The number of nitrogens with zero attached hydrogens (tertiary/aromatic N) is 1. The van der Waals surface area contributed by atoms with Crippen LogP contribution in [0.2, 0.25) is 0 Å². The van der Waals surface area contributed by atoms with Gasteiger partial charge in [-0.15, -0.1) is 0 Å². The summed E-state index contributed by atoms with van der Waals surface area (Å²) in [6.07, 6.45) is 0. The molecule has 0 heterocycles. The first kappa shape index (κ1) is 16.5. The van der Waals surface area contributed by atoms with Gasteiger partial charge >= 0.3 is 0 Å². The van der Waals surface area contributed by atoms with Crippen molar-refractivity contribution >= 4 is 16.5 Å². The molecule has 118 valence electrons. The zero-order valence-corrected chi connectivity index (χ0v) is 13.4. The molecule has 0 unspecified atom stereocenters. The monoisotopic (exact) mass is 309 g/mol. The van der Waals surface area contributed by atoms with Crippen LogP contribution >= 0.6 is 0 Å². The van der Waals surface area contributed by atoms with Crippen molar-refractivity contribution in [1.29, 1.82) is 0 Å². The summed E-state index contributed by atoms with van der Waals surface area (Å²) >= 11 is 0. The van der Waals surface area contributed by atoms with Crippen LogP contribution in [0, 0.1) is 24.0 Å². The van der Waals surface area contributed by atoms with E-state index >= 15 is 0 Å². The third-order valence-corrected chi connectivity index (χ3v) is 3.61. The molecule has 0 atom stereocenters. The highest BCUT2D eigenvalue weighted by atomic mass is 16.6. The molecule has 0 aliphatic carbocycles. The molecule has 0 bridgehead atoms. The van der Waals surface area contributed by atoms with Crippen molar-refractivity contribution in [2.75, 3.05) is 7.11 Å². The normalized spacial score (nSPS) is 9.87. The molecule has 4 heteroatoms. The molecule has 4 nitrogen and oxygen atoms in total. The summed E-state index contributed by atoms with van der Waals surface area (Å²) < 4.78 is 4.93. The number of ether oxygens (including phenoxy) is 1. The summed E-state index contributed by atoms with van der Waals surface area (Å²) in [5.41, 5.74) is 2.30. The third kappa shape index (κ3) is 4.07. The lowest BCUT2D eigenvalue weighted by Crippen LogP contribution is -1.91. The molecule has 0 N–H and O–H groups in total. The van der Waals surface area contributed by atoms with Crippen LogP contribution in [0.4, 0.5) is 5.69 Å². The molecule has 0 aliphatic rings. The fourth-order valence-corrected chi connectivity index (χ4v) is 2.31. The predicted octanol–water partition coefficient (Wildman–Crippen LogP) is 5.06. The molecule has 23 heavy (non-hydrogen) atoms. The fraction of sp³-hybridized carbons (Fsp3) is 0.158. The fourth-order valence-electron chi connectivity index (χ4n) is 2.31. The van der Waals surface area contributed by atoms with E-state index in [1.54, 1.807) is 6.07 Å². The highest BCUT2D eigenvalue weighted by Gasteiger charge is 2.07. The van der Waals surface area contributed by atoms with Crippen molar-refractivity contribution < 1.29 is 9.66 Å². The van der Waals surface area contributed by atoms with Gasteiger partial charge in [-0.25, -0.2) is 0 Å². The maximum Gasteiger partial charge on any atom is 0.273 e. The summed E-state index contributed by atoms with van der Waals surface area (Å²) in [6, 6.07) is 19.4. The number of hydrogen-bond acceptors (Lipinski definition) is 3. The van der Waals surface area contributed by atoms with E-state index in [9.17, 15) is 10.1 Å². The Kier molecular flexibility index (Phi) is 5.31. The van der Waals surface area contributed by atoms with Gasteiger partial charge in [-0.3, -0.25) is 10.1 Å². The standard InChI is InChI=1S/C11H10.C8H9NO3/c1-9-5-4-7-10-6-2-3-8-11(9)10;1-6-3-4-7(9(10)11)5-8(6)12-2/h2-8H,1H3;3-5H,1-2H3. The lowest BCUT2D eigenvalue weighted by atomic mass is 10.1. The van der Waals surface area contributed by atoms with Gasteiger partial charge in [-0.2, -0.15) is 0 Å². The quantitative estimate of drug-likeness (QED) is 0.491. The maximum atomic E-state index is 10.3. The average molecular weight is 309 g/mol. The van der Waals surface area contributed by atoms with Gasteiger partial charge in [0.25, 0.3) is 5.69 Å². The minimum atomic E-state index is -0.443. The summed E-state index contributed by atoms with van der Waals surface area (Å²) in [5.74, 6) is 0.546. The highest BCUT2D eigenvalue weighted by Crippen LogP contribution is 2.23. The van der Waals surface area contributed by atoms with Gasteiger partial charge in [0, 0.05) is 6.07 Å². The van der Waals surface area contributed by atoms with E-state index in [0.717, 1.165) is 5.56 Å². The molecule has 0 radical (unpaired) electrons. The van der Waals surface area contributed by atoms with E-state index < -0.39 is 4.92 Å². The minimum absolute atomic E-state index is 0.0532. The van der Waals surface area contributed by atoms with Crippen LogP contribution in [0.1, 0.15) is 11.1 Å². The zero-order valence-electron chi connectivity index (χ0n) is 13.4. The summed E-state index contributed by atoms with van der Waals surface area (Å²) in [7, 11) is 1.49. The lowest BCUT2D eigenvalue weighted by Gasteiger charge is -2.02. The summed E-state index contributed by atoms with van der Waals surface area (Å²) in [5, 5.41) is 13.0. The summed E-state index contributed by atoms with van der Waals surface area (Å²) in [6.45, 7) is 3.98. The minimum Gasteiger partial charge on any atom is -0.496 e. The van der Waals surface area contributed by atoms with Crippen molar-refractivity contribution in [3.05, 3.63) is 81.9 Å². The molecule has 3 aromatic carbocycles. The third-order valence-electron chi connectivity index (χ3n) is 3.61. The lowest BCUT2D eigenvalue weighted by molar-refractivity contribution is -0.384. The smallest absolute Gasteiger partial charge is 0.273 e. The molecular weight excluding hydrogens is 290 g/mol. The Balaban J connectivity index is 0.000000167. The molecule has 0 amide bonds. The van der Waals surface area contributed by atoms with E-state index in [1.807, 2.05) is 6.92 Å². The Morgan fingerprint density at radius 3 is 2.26 bits per heavy atom. The second-order valence-electron chi connectivity index (χ2n) is 5.21. The van der Waals surface area contributed by atoms with Gasteiger partial charge in [0.15, 0.2) is 0 Å². The Labute approximate surface area is 135 Å². The molecular formula is C19H19NO3. The largest absolute Gasteiger partial charge is 0.496 e. The molecule has 0 aliphatic heterocycles. The van der Waals surface area contributed by atoms with Gasteiger partial charge in [0.05, 0.1) is 18.1 Å². The Morgan fingerprint density at radius 2 is 1.61 bits per heavy atom. The SMILES string of the molecule is COc1cc([N+](=O)[O-])ccc1C.Cc1cccc2ccccc12. The Bertz CT molecular complexity index is 822. The van der Waals surface area contributed by atoms with Crippen molar-refractivity contribution in [2.45, 2.75) is 13.8 Å². The molecule has 0 saturated heterocycles. The van der Waals surface area contributed by atoms with Crippen LogP contribution in [0.3, 0.4) is 0 Å². The Hall–Kier alpha value is -2.88. The van der Waals surface area contributed by atoms with Crippen LogP contribution < -0.4 is 4.74 Å². The maximum absolute atomic E-state index is 10.3. The number of benzene rings is 3. The van der Waals surface area contributed by atoms with Gasteiger partial charge < -0.3 is 4.74 Å². The van der Waals surface area contributed by atoms with Crippen LogP contribution in [0.25, 0.3) is 10.8 Å². The summed E-state index contributed by atoms with van der Waals surface area (Å²) in [4.78, 5) is 9.89. The van der Waals surface area contributed by atoms with E-state index in [-0.39, 0.29) is 5.69 Å². The number of nitro benzene ring substituents is 1. The van der Waals surface area contributed by atoms with E-state index in [0.29, 0.717) is 5.75 Å². The van der Waals surface area contributed by atoms with Gasteiger partial charge in [-0.1, -0.05) is 42.5 Å². The van der Waals surface area contributed by atoms with Gasteiger partial charge in [-0.05, 0) is 41.8 Å². The van der Waals surface area contributed by atoms with Crippen molar-refractivity contribution in [2.24, 2.45) is 0 Å². The molecule has 0 saturated carbocycles. The molecule has 3 aromatic rings. The number of nitro groups is 1. The second-order valence-corrected chi connectivity index (χ2v) is 5.21. The number of hydrogen-bond donors (Lipinski definition) is 0. The average Bonchev–Trinajstić information content (AvgIpc) is 2.56. The van der Waals surface area contributed by atoms with E-state index in [2.05, 4.69) is 49.4 Å². The van der Waals surface area contributed by atoms with Crippen LogP contribution in [0.15, 0.2) is 60.7 Å². The first-order chi connectivity index (χ1) is 11.0. The van der Waals surface area contributed by atoms with Crippen LogP contribution in [0.5, 0.6) is 5.75 Å². The van der Waals surface area contributed by atoms with Gasteiger partial charge in [0.1, 0.15) is 5.75 Å². The molecule has 0 aromatic heterocycles.